The summed E-state index contributed by atoms with van der Waals surface area (Å²) in [5, 5.41) is 1.14. The highest BCUT2D eigenvalue weighted by atomic mass is 32.3. The van der Waals surface area contributed by atoms with Gasteiger partial charge in [-0.2, -0.15) is 10.0 Å². The Labute approximate surface area is 104 Å². The molecule has 1 aromatic carbocycles. The molecule has 0 unspecified atom stereocenters. The molecule has 1 heterocycles. The summed E-state index contributed by atoms with van der Waals surface area (Å²) in [6, 6.07) is 6.09. The summed E-state index contributed by atoms with van der Waals surface area (Å²) in [5.41, 5.74) is 8.91. The van der Waals surface area contributed by atoms with E-state index >= 15 is 0 Å². The van der Waals surface area contributed by atoms with E-state index in [1.165, 1.54) is 0 Å². The molecule has 0 saturated carbocycles. The molecule has 17 heavy (non-hydrogen) atoms. The number of rotatable bonds is 2. The molecule has 0 atom stereocenters. The third kappa shape index (κ3) is 2.31. The predicted molar refractivity (Wildman–Crippen MR) is 76.3 cm³/mol. The van der Waals surface area contributed by atoms with Gasteiger partial charge >= 0.3 is 0 Å². The van der Waals surface area contributed by atoms with Gasteiger partial charge in [0.2, 0.25) is 0 Å². The minimum atomic E-state index is -0.841. The molecule has 0 amide bonds. The number of nitrogens with zero attached hydrogens (tertiary/aromatic N) is 2. The van der Waals surface area contributed by atoms with Crippen molar-refractivity contribution >= 4 is 15.7 Å². The molecule has 0 saturated heterocycles. The van der Waals surface area contributed by atoms with Crippen molar-refractivity contribution < 1.29 is 0 Å². The van der Waals surface area contributed by atoms with Crippen molar-refractivity contribution in [3.05, 3.63) is 36.2 Å². The van der Waals surface area contributed by atoms with Crippen molar-refractivity contribution in [2.45, 2.75) is 12.1 Å². The zero-order valence-corrected chi connectivity index (χ0v) is 11.6. The van der Waals surface area contributed by atoms with E-state index in [-0.39, 0.29) is 0 Å². The van der Waals surface area contributed by atoms with Crippen molar-refractivity contribution in [3.63, 3.8) is 0 Å². The smallest absolute Gasteiger partial charge is 0.154 e. The van der Waals surface area contributed by atoms with Crippen molar-refractivity contribution in [3.8, 4) is 5.69 Å². The first-order valence-corrected chi connectivity index (χ1v) is 8.33. The first-order chi connectivity index (χ1) is 7.89. The Bertz CT molecular complexity index is 538. The van der Waals surface area contributed by atoms with Crippen LogP contribution in [0.15, 0.2) is 35.7 Å². The molecule has 4 heteroatoms. The van der Waals surface area contributed by atoms with Gasteiger partial charge in [-0.15, -0.1) is 0 Å². The maximum absolute atomic E-state index is 5.85. The summed E-state index contributed by atoms with van der Waals surface area (Å²) < 4.78 is 2.15. The Morgan fingerprint density at radius 1 is 1.24 bits per heavy atom. The number of hydrogen-bond donors (Lipinski definition) is 1. The quantitative estimate of drug-likeness (QED) is 0.832. The SMILES string of the molecule is Cc1cc(-n2ccnc2S(C)(C)C)ccc1N. The van der Waals surface area contributed by atoms with Gasteiger partial charge in [0.15, 0.2) is 5.16 Å². The number of benzene rings is 1. The van der Waals surface area contributed by atoms with Gasteiger partial charge < -0.3 is 5.73 Å². The average molecular weight is 249 g/mol. The van der Waals surface area contributed by atoms with Crippen LogP contribution >= 0.6 is 10.0 Å². The van der Waals surface area contributed by atoms with Crippen LogP contribution in [-0.4, -0.2) is 28.3 Å². The molecule has 0 aliphatic rings. The molecule has 0 radical (unpaired) electrons. The minimum absolute atomic E-state index is 0.832. The molecule has 0 spiro atoms. The van der Waals surface area contributed by atoms with Crippen LogP contribution in [0.25, 0.3) is 5.69 Å². The highest BCUT2D eigenvalue weighted by Gasteiger charge is 2.15. The van der Waals surface area contributed by atoms with Gasteiger partial charge in [-0.1, -0.05) is 0 Å². The minimum Gasteiger partial charge on any atom is -0.399 e. The van der Waals surface area contributed by atoms with Gasteiger partial charge in [0, 0.05) is 23.8 Å². The summed E-state index contributed by atoms with van der Waals surface area (Å²) in [5.74, 6) is 0. The lowest BCUT2D eigenvalue weighted by atomic mass is 10.2. The van der Waals surface area contributed by atoms with Gasteiger partial charge in [0.05, 0.1) is 0 Å². The van der Waals surface area contributed by atoms with Crippen LogP contribution in [0.4, 0.5) is 5.69 Å². The number of aromatic nitrogens is 2. The average Bonchev–Trinajstić information content (AvgIpc) is 2.70. The van der Waals surface area contributed by atoms with Gasteiger partial charge in [0.1, 0.15) is 0 Å². The maximum atomic E-state index is 5.85. The fraction of sp³-hybridized carbons (Fsp3) is 0.308. The zero-order valence-electron chi connectivity index (χ0n) is 10.8. The van der Waals surface area contributed by atoms with Gasteiger partial charge in [-0.3, -0.25) is 4.57 Å². The second-order valence-electron chi connectivity index (χ2n) is 4.96. The molecule has 0 aliphatic heterocycles. The highest BCUT2D eigenvalue weighted by Crippen LogP contribution is 2.44. The van der Waals surface area contributed by atoms with Crippen LogP contribution in [0.2, 0.25) is 0 Å². The zero-order chi connectivity index (χ0) is 12.6. The Morgan fingerprint density at radius 3 is 2.53 bits per heavy atom. The number of nitrogen functional groups attached to an aromatic ring is 1. The molecule has 92 valence electrons. The molecule has 0 bridgehead atoms. The normalized spacial score (nSPS) is 12.7. The van der Waals surface area contributed by atoms with E-state index in [1.807, 2.05) is 31.5 Å². The lowest BCUT2D eigenvalue weighted by Gasteiger charge is -2.25. The van der Waals surface area contributed by atoms with Crippen LogP contribution in [0.3, 0.4) is 0 Å². The van der Waals surface area contributed by atoms with Crippen molar-refractivity contribution in [1.29, 1.82) is 0 Å². The third-order valence-corrected chi connectivity index (χ3v) is 4.08. The topological polar surface area (TPSA) is 43.8 Å². The first-order valence-electron chi connectivity index (χ1n) is 5.48. The Balaban J connectivity index is 2.54. The Hall–Kier alpha value is -1.42. The molecule has 1 aromatic heterocycles. The van der Waals surface area contributed by atoms with Gasteiger partial charge in [-0.05, 0) is 49.5 Å². The van der Waals surface area contributed by atoms with E-state index in [2.05, 4.69) is 34.4 Å². The lowest BCUT2D eigenvalue weighted by Crippen LogP contribution is -2.04. The van der Waals surface area contributed by atoms with E-state index in [0.29, 0.717) is 0 Å². The standard InChI is InChI=1S/C13H19N3S/c1-10-9-11(5-6-12(10)14)16-8-7-15-13(16)17(2,3)4/h5-9H,14H2,1-4H3. The molecule has 0 aliphatic carbocycles. The second kappa shape index (κ2) is 4.11. The van der Waals surface area contributed by atoms with Crippen LogP contribution in [0.5, 0.6) is 0 Å². The van der Waals surface area contributed by atoms with E-state index in [4.69, 9.17) is 5.73 Å². The van der Waals surface area contributed by atoms with Crippen molar-refractivity contribution in [2.75, 3.05) is 24.5 Å². The van der Waals surface area contributed by atoms with Crippen molar-refractivity contribution in [1.82, 2.24) is 9.55 Å². The second-order valence-corrected chi connectivity index (χ2v) is 9.00. The van der Waals surface area contributed by atoms with Crippen molar-refractivity contribution in [2.24, 2.45) is 0 Å². The summed E-state index contributed by atoms with van der Waals surface area (Å²) in [7, 11) is -0.841. The molecular formula is C13H19N3S. The largest absolute Gasteiger partial charge is 0.399 e. The van der Waals surface area contributed by atoms with Crippen LogP contribution in [-0.2, 0) is 0 Å². The molecular weight excluding hydrogens is 230 g/mol. The first kappa shape index (κ1) is 12.0. The third-order valence-electron chi connectivity index (χ3n) is 2.69. The van der Waals surface area contributed by atoms with E-state index in [9.17, 15) is 0 Å². The molecule has 2 rings (SSSR count). The highest BCUT2D eigenvalue weighted by molar-refractivity contribution is 8.32. The Kier molecular flexibility index (Phi) is 2.91. The lowest BCUT2D eigenvalue weighted by molar-refractivity contribution is 0.887. The van der Waals surface area contributed by atoms with E-state index in [1.54, 1.807) is 0 Å². The number of aryl methyl sites for hydroxylation is 1. The maximum Gasteiger partial charge on any atom is 0.154 e. The summed E-state index contributed by atoms with van der Waals surface area (Å²) in [6.45, 7) is 2.03. The fourth-order valence-electron chi connectivity index (χ4n) is 1.75. The monoisotopic (exact) mass is 249 g/mol. The van der Waals surface area contributed by atoms with Crippen LogP contribution < -0.4 is 5.73 Å². The fourth-order valence-corrected chi connectivity index (χ4v) is 2.88. The number of nitrogens with two attached hydrogens (primary N) is 1. The van der Waals surface area contributed by atoms with E-state index < -0.39 is 10.0 Å². The van der Waals surface area contributed by atoms with E-state index in [0.717, 1.165) is 22.1 Å². The summed E-state index contributed by atoms with van der Waals surface area (Å²) >= 11 is 0. The number of anilines is 1. The predicted octanol–water partition coefficient (Wildman–Crippen LogP) is 2.82. The van der Waals surface area contributed by atoms with Crippen LogP contribution in [0.1, 0.15) is 5.56 Å². The number of hydrogen-bond acceptors (Lipinski definition) is 2. The van der Waals surface area contributed by atoms with Gasteiger partial charge in [0.25, 0.3) is 0 Å². The number of imidazole rings is 1. The molecule has 0 fully saturated rings. The van der Waals surface area contributed by atoms with Crippen LogP contribution in [0, 0.1) is 6.92 Å². The van der Waals surface area contributed by atoms with Gasteiger partial charge in [-0.25, -0.2) is 4.98 Å². The molecule has 2 N–H and O–H groups in total. The molecule has 3 nitrogen and oxygen atoms in total. The summed E-state index contributed by atoms with van der Waals surface area (Å²) in [4.78, 5) is 4.48. The molecule has 2 aromatic rings. The summed E-state index contributed by atoms with van der Waals surface area (Å²) in [6.07, 6.45) is 10.6. The Morgan fingerprint density at radius 2 is 1.94 bits per heavy atom.